The Kier molecular flexibility index (Phi) is 9.60. The molecule has 0 saturated carbocycles. The van der Waals surface area contributed by atoms with Crippen LogP contribution in [0.2, 0.25) is 10.0 Å². The van der Waals surface area contributed by atoms with Gasteiger partial charge in [0.05, 0.1) is 40.9 Å². The Morgan fingerprint density at radius 1 is 0.850 bits per heavy atom. The zero-order valence-corrected chi connectivity index (χ0v) is 24.2. The molecule has 0 aliphatic rings. The van der Waals surface area contributed by atoms with Crippen molar-refractivity contribution in [1.82, 2.24) is 4.98 Å². The third-order valence-electron chi connectivity index (χ3n) is 5.57. The van der Waals surface area contributed by atoms with Gasteiger partial charge >= 0.3 is 0 Å². The maximum absolute atomic E-state index is 13.8. The monoisotopic (exact) mass is 593 g/mol. The smallest absolute Gasteiger partial charge is 0.266 e. The zero-order valence-electron chi connectivity index (χ0n) is 21.9. The van der Waals surface area contributed by atoms with Crippen LogP contribution >= 0.6 is 34.5 Å². The number of fused-ring (bicyclic) bond motifs is 1. The Morgan fingerprint density at radius 3 is 2.12 bits per heavy atom. The molecule has 40 heavy (non-hydrogen) atoms. The van der Waals surface area contributed by atoms with E-state index in [4.69, 9.17) is 37.7 Å². The Morgan fingerprint density at radius 2 is 1.52 bits per heavy atom. The molecule has 1 N–H and O–H groups in total. The Hall–Kier alpha value is -4.11. The molecule has 2 amide bonds. The number of rotatable bonds is 6. The Labute approximate surface area is 245 Å². The number of ether oxygens (including phenoxy) is 2. The number of anilines is 3. The van der Waals surface area contributed by atoms with Crippen LogP contribution in [0, 0.1) is 0 Å². The summed E-state index contributed by atoms with van der Waals surface area (Å²) in [5.41, 5.74) is 1.87. The zero-order chi connectivity index (χ0) is 28.6. The maximum Gasteiger partial charge on any atom is 0.266 e. The average molecular weight is 595 g/mol. The van der Waals surface area contributed by atoms with Crippen LogP contribution in [0.3, 0.4) is 0 Å². The van der Waals surface area contributed by atoms with E-state index in [1.165, 1.54) is 43.4 Å². The number of methoxy groups -OCH3 is 2. The number of hydrogen-bond acceptors (Lipinski definition) is 6. The van der Waals surface area contributed by atoms with Crippen LogP contribution in [-0.4, -0.2) is 31.0 Å². The van der Waals surface area contributed by atoms with Crippen molar-refractivity contribution in [2.24, 2.45) is 0 Å². The van der Waals surface area contributed by atoms with Gasteiger partial charge in [0, 0.05) is 18.0 Å². The van der Waals surface area contributed by atoms with Crippen molar-refractivity contribution in [2.45, 2.75) is 6.92 Å². The van der Waals surface area contributed by atoms with Gasteiger partial charge in [-0.1, -0.05) is 77.0 Å². The fourth-order valence-electron chi connectivity index (χ4n) is 3.77. The number of halogens is 2. The lowest BCUT2D eigenvalue weighted by atomic mass is 10.1. The lowest BCUT2D eigenvalue weighted by Crippen LogP contribution is -2.26. The van der Waals surface area contributed by atoms with E-state index in [0.29, 0.717) is 38.5 Å². The van der Waals surface area contributed by atoms with Crippen molar-refractivity contribution in [3.8, 4) is 11.5 Å². The average Bonchev–Trinajstić information content (AvgIpc) is 3.38. The fourth-order valence-corrected chi connectivity index (χ4v) is 5.27. The first-order chi connectivity index (χ1) is 19.3. The lowest BCUT2D eigenvalue weighted by Gasteiger charge is -2.22. The number of carbonyl (C=O) groups is 2. The Balaban J connectivity index is 0.000000546. The van der Waals surface area contributed by atoms with Crippen molar-refractivity contribution < 1.29 is 19.1 Å². The first-order valence-electron chi connectivity index (χ1n) is 12.0. The molecule has 5 rings (SSSR count). The van der Waals surface area contributed by atoms with E-state index in [1.807, 2.05) is 48.5 Å². The van der Waals surface area contributed by atoms with Crippen LogP contribution in [0.4, 0.5) is 16.5 Å². The minimum absolute atomic E-state index is 0.211. The number of hydrogen-bond donors (Lipinski definition) is 1. The molecule has 4 aromatic carbocycles. The third kappa shape index (κ3) is 6.71. The van der Waals surface area contributed by atoms with Crippen LogP contribution in [0.5, 0.6) is 11.5 Å². The number of aromatic nitrogens is 1. The minimum atomic E-state index is -0.408. The summed E-state index contributed by atoms with van der Waals surface area (Å²) in [7, 11) is 3.05. The van der Waals surface area contributed by atoms with Crippen LogP contribution in [-0.2, 0) is 4.79 Å². The highest BCUT2D eigenvalue weighted by molar-refractivity contribution is 7.22. The summed E-state index contributed by atoms with van der Waals surface area (Å²) in [6, 6.07) is 27.2. The molecule has 0 bridgehead atoms. The molecule has 0 fully saturated rings. The van der Waals surface area contributed by atoms with Gasteiger partial charge in [0.2, 0.25) is 5.91 Å². The van der Waals surface area contributed by atoms with Crippen molar-refractivity contribution in [1.29, 1.82) is 0 Å². The quantitative estimate of drug-likeness (QED) is 0.214. The van der Waals surface area contributed by atoms with Gasteiger partial charge in [-0.15, -0.1) is 0 Å². The van der Waals surface area contributed by atoms with Gasteiger partial charge in [0.1, 0.15) is 5.52 Å². The van der Waals surface area contributed by atoms with Crippen molar-refractivity contribution in [2.75, 3.05) is 24.4 Å². The van der Waals surface area contributed by atoms with E-state index in [1.54, 1.807) is 36.4 Å². The van der Waals surface area contributed by atoms with Crippen LogP contribution in [0.1, 0.15) is 17.3 Å². The van der Waals surface area contributed by atoms with Gasteiger partial charge < -0.3 is 14.8 Å². The van der Waals surface area contributed by atoms with E-state index < -0.39 is 5.91 Å². The van der Waals surface area contributed by atoms with Crippen molar-refractivity contribution in [3.05, 3.63) is 107 Å². The standard InChI is InChI=1S/C24H19Cl2N3O4S.C6H6/c1-13(30)27-18-5-4-6-21-22(18)28-24(34-21)29(15-8-10-19(32-2)20(12-15)33-3)23(31)16-9-7-14(25)11-17(16)26;1-2-4-6-5-3-1/h4-12H,1-3H3,(H,27,30);1-6H. The molecular formula is C30H25Cl2N3O4S. The molecule has 1 aromatic heterocycles. The Bertz CT molecular complexity index is 1620. The number of amides is 2. The number of benzene rings is 4. The van der Waals surface area contributed by atoms with E-state index >= 15 is 0 Å². The predicted octanol–water partition coefficient (Wildman–Crippen LogP) is 8.24. The van der Waals surface area contributed by atoms with Gasteiger partial charge in [-0.3, -0.25) is 14.5 Å². The minimum Gasteiger partial charge on any atom is -0.493 e. The summed E-state index contributed by atoms with van der Waals surface area (Å²) >= 11 is 13.7. The third-order valence-corrected chi connectivity index (χ3v) is 7.12. The summed E-state index contributed by atoms with van der Waals surface area (Å²) in [5.74, 6) is 0.331. The highest BCUT2D eigenvalue weighted by Gasteiger charge is 2.27. The molecule has 0 spiro atoms. The molecule has 5 aromatic rings. The molecule has 0 atom stereocenters. The molecular weight excluding hydrogens is 569 g/mol. The molecule has 204 valence electrons. The van der Waals surface area contributed by atoms with Gasteiger partial charge in [-0.05, 0) is 42.5 Å². The second-order valence-electron chi connectivity index (χ2n) is 8.29. The molecule has 1 heterocycles. The van der Waals surface area contributed by atoms with Crippen LogP contribution < -0.4 is 19.7 Å². The normalized spacial score (nSPS) is 10.3. The van der Waals surface area contributed by atoms with Crippen molar-refractivity contribution in [3.63, 3.8) is 0 Å². The number of carbonyl (C=O) groups excluding carboxylic acids is 2. The molecule has 10 heteroatoms. The summed E-state index contributed by atoms with van der Waals surface area (Å²) in [6.45, 7) is 1.42. The molecule has 7 nitrogen and oxygen atoms in total. The molecule has 0 unspecified atom stereocenters. The first-order valence-corrected chi connectivity index (χ1v) is 13.6. The van der Waals surface area contributed by atoms with Gasteiger partial charge in [0.15, 0.2) is 16.6 Å². The van der Waals surface area contributed by atoms with Gasteiger partial charge in [-0.25, -0.2) is 4.98 Å². The van der Waals surface area contributed by atoms with E-state index in [-0.39, 0.29) is 16.5 Å². The molecule has 0 saturated heterocycles. The van der Waals surface area contributed by atoms with E-state index in [2.05, 4.69) is 5.32 Å². The van der Waals surface area contributed by atoms with E-state index in [0.717, 1.165) is 4.70 Å². The van der Waals surface area contributed by atoms with E-state index in [9.17, 15) is 9.59 Å². The molecule has 0 aliphatic heterocycles. The summed E-state index contributed by atoms with van der Waals surface area (Å²) < 4.78 is 11.6. The number of thiazole rings is 1. The largest absolute Gasteiger partial charge is 0.493 e. The summed E-state index contributed by atoms with van der Waals surface area (Å²) in [5, 5.41) is 3.79. The van der Waals surface area contributed by atoms with Crippen molar-refractivity contribution >= 4 is 73.1 Å². The second-order valence-corrected chi connectivity index (χ2v) is 10.1. The number of nitrogens with zero attached hydrogens (tertiary/aromatic N) is 2. The lowest BCUT2D eigenvalue weighted by molar-refractivity contribution is -0.114. The predicted molar refractivity (Wildman–Crippen MR) is 163 cm³/mol. The summed E-state index contributed by atoms with van der Waals surface area (Å²) in [4.78, 5) is 31.6. The number of nitrogens with one attached hydrogen (secondary N) is 1. The second kappa shape index (κ2) is 13.3. The molecule has 0 radical (unpaired) electrons. The highest BCUT2D eigenvalue weighted by atomic mass is 35.5. The summed E-state index contributed by atoms with van der Waals surface area (Å²) in [6.07, 6.45) is 0. The maximum atomic E-state index is 13.8. The van der Waals surface area contributed by atoms with Crippen LogP contribution in [0.25, 0.3) is 10.2 Å². The van der Waals surface area contributed by atoms with Gasteiger partial charge in [-0.2, -0.15) is 0 Å². The highest BCUT2D eigenvalue weighted by Crippen LogP contribution is 2.40. The fraction of sp³-hybridized carbons (Fsp3) is 0.100. The van der Waals surface area contributed by atoms with Crippen LogP contribution in [0.15, 0.2) is 91.0 Å². The van der Waals surface area contributed by atoms with Gasteiger partial charge in [0.25, 0.3) is 5.91 Å². The molecule has 0 aliphatic carbocycles. The SMILES string of the molecule is COc1ccc(N(C(=O)c2ccc(Cl)cc2Cl)c2nc3c(NC(C)=O)cccc3s2)cc1OC.c1ccccc1. The topological polar surface area (TPSA) is 80.8 Å². The number of para-hydroxylation sites is 1. The first kappa shape index (κ1) is 28.9.